The Hall–Kier alpha value is -2.94. The number of hydrogen-bond acceptors (Lipinski definition) is 5. The first-order valence-electron chi connectivity index (χ1n) is 5.64. The van der Waals surface area contributed by atoms with Crippen LogP contribution in [0.3, 0.4) is 0 Å². The van der Waals surface area contributed by atoms with Gasteiger partial charge in [-0.15, -0.1) is 0 Å². The van der Waals surface area contributed by atoms with Gasteiger partial charge in [0, 0.05) is 18.0 Å². The van der Waals surface area contributed by atoms with Crippen molar-refractivity contribution in [3.05, 3.63) is 54.4 Å². The smallest absolute Gasteiger partial charge is 0.257 e. The van der Waals surface area contributed by atoms with Crippen LogP contribution in [0.15, 0.2) is 47.5 Å². The van der Waals surface area contributed by atoms with E-state index in [2.05, 4.69) is 21.2 Å². The third-order valence-corrected chi connectivity index (χ3v) is 2.61. The number of hydrogen-bond donors (Lipinski definition) is 0. The lowest BCUT2D eigenvalue weighted by Crippen LogP contribution is -1.98. The Kier molecular flexibility index (Phi) is 2.79. The maximum absolute atomic E-state index is 8.74. The van der Waals surface area contributed by atoms with Crippen LogP contribution in [-0.4, -0.2) is 19.7 Å². The van der Waals surface area contributed by atoms with Gasteiger partial charge in [-0.3, -0.25) is 0 Å². The lowest BCUT2D eigenvalue weighted by atomic mass is 10.1. The minimum atomic E-state index is 0.444. The third-order valence-electron chi connectivity index (χ3n) is 2.61. The molecule has 1 aromatic carbocycles. The van der Waals surface area contributed by atoms with Gasteiger partial charge in [-0.2, -0.15) is 10.2 Å². The zero-order valence-corrected chi connectivity index (χ0v) is 9.89. The molecule has 0 amide bonds. The number of rotatable bonds is 3. The van der Waals surface area contributed by atoms with Crippen molar-refractivity contribution in [2.24, 2.45) is 0 Å². The fourth-order valence-corrected chi connectivity index (χ4v) is 1.67. The van der Waals surface area contributed by atoms with Gasteiger partial charge in [0.25, 0.3) is 5.89 Å². The van der Waals surface area contributed by atoms with Crippen molar-refractivity contribution in [1.82, 2.24) is 19.7 Å². The van der Waals surface area contributed by atoms with Crippen LogP contribution in [0.5, 0.6) is 0 Å². The summed E-state index contributed by atoms with van der Waals surface area (Å²) in [6, 6.07) is 9.07. The molecule has 0 saturated heterocycles. The van der Waals surface area contributed by atoms with Crippen molar-refractivity contribution in [1.29, 1.82) is 5.26 Å². The molecular formula is C13H9N5O. The van der Waals surface area contributed by atoms with Crippen molar-refractivity contribution in [2.75, 3.05) is 0 Å². The molecule has 0 bridgehead atoms. The van der Waals surface area contributed by atoms with Crippen molar-refractivity contribution >= 4 is 0 Å². The summed E-state index contributed by atoms with van der Waals surface area (Å²) in [7, 11) is 0. The second-order valence-electron chi connectivity index (χ2n) is 3.94. The minimum Gasteiger partial charge on any atom is -0.334 e. The van der Waals surface area contributed by atoms with E-state index < -0.39 is 0 Å². The SMILES string of the molecule is N#Cc1ccc(-c2nc(Cn3ccnc3)no2)cc1. The molecule has 0 aliphatic rings. The van der Waals surface area contributed by atoms with E-state index in [1.807, 2.05) is 10.8 Å². The van der Waals surface area contributed by atoms with Crippen LogP contribution in [0.25, 0.3) is 11.5 Å². The fourth-order valence-electron chi connectivity index (χ4n) is 1.67. The van der Waals surface area contributed by atoms with Gasteiger partial charge in [0.15, 0.2) is 5.82 Å². The van der Waals surface area contributed by atoms with Gasteiger partial charge in [0.2, 0.25) is 0 Å². The Bertz CT molecular complexity index is 706. The normalized spacial score (nSPS) is 10.3. The molecule has 2 heterocycles. The number of nitriles is 1. The van der Waals surface area contributed by atoms with Crippen LogP contribution < -0.4 is 0 Å². The fraction of sp³-hybridized carbons (Fsp3) is 0.0769. The Morgan fingerprint density at radius 3 is 2.79 bits per heavy atom. The Morgan fingerprint density at radius 1 is 1.26 bits per heavy atom. The van der Waals surface area contributed by atoms with Crippen LogP contribution in [0.1, 0.15) is 11.4 Å². The van der Waals surface area contributed by atoms with Crippen LogP contribution >= 0.6 is 0 Å². The monoisotopic (exact) mass is 251 g/mol. The molecule has 3 aromatic rings. The van der Waals surface area contributed by atoms with E-state index in [9.17, 15) is 0 Å². The molecule has 92 valence electrons. The zero-order valence-electron chi connectivity index (χ0n) is 9.89. The topological polar surface area (TPSA) is 80.5 Å². The molecule has 3 rings (SSSR count). The molecule has 0 saturated carbocycles. The summed E-state index contributed by atoms with van der Waals surface area (Å²) in [6.07, 6.45) is 5.22. The molecule has 0 aliphatic heterocycles. The average molecular weight is 251 g/mol. The molecule has 0 fully saturated rings. The highest BCUT2D eigenvalue weighted by atomic mass is 16.5. The molecule has 6 heteroatoms. The summed E-state index contributed by atoms with van der Waals surface area (Å²) in [5.41, 5.74) is 1.39. The summed E-state index contributed by atoms with van der Waals surface area (Å²) in [5, 5.41) is 12.6. The standard InChI is InChI=1S/C13H9N5O/c14-7-10-1-3-11(4-2-10)13-16-12(17-19-13)8-18-6-5-15-9-18/h1-6,9H,8H2. The van der Waals surface area contributed by atoms with Crippen LogP contribution in [0.2, 0.25) is 0 Å². The largest absolute Gasteiger partial charge is 0.334 e. The zero-order chi connectivity index (χ0) is 13.1. The predicted octanol–water partition coefficient (Wildman–Crippen LogP) is 1.85. The summed E-state index contributed by atoms with van der Waals surface area (Å²) in [4.78, 5) is 8.25. The summed E-state index contributed by atoms with van der Waals surface area (Å²) in [6.45, 7) is 0.514. The highest BCUT2D eigenvalue weighted by Gasteiger charge is 2.08. The summed E-state index contributed by atoms with van der Waals surface area (Å²) in [5.74, 6) is 1.02. The Labute approximate surface area is 108 Å². The molecule has 6 nitrogen and oxygen atoms in total. The molecule has 0 N–H and O–H groups in total. The first-order chi connectivity index (χ1) is 9.35. The average Bonchev–Trinajstić information content (AvgIpc) is 3.11. The maximum Gasteiger partial charge on any atom is 0.257 e. The first kappa shape index (κ1) is 11.2. The van der Waals surface area contributed by atoms with Crippen LogP contribution in [-0.2, 0) is 6.54 Å². The van der Waals surface area contributed by atoms with Gasteiger partial charge < -0.3 is 9.09 Å². The van der Waals surface area contributed by atoms with Gasteiger partial charge in [-0.05, 0) is 24.3 Å². The van der Waals surface area contributed by atoms with Crippen molar-refractivity contribution in [2.45, 2.75) is 6.54 Å². The molecule has 0 spiro atoms. The molecule has 0 unspecified atom stereocenters. The van der Waals surface area contributed by atoms with Gasteiger partial charge in [-0.1, -0.05) is 5.16 Å². The summed E-state index contributed by atoms with van der Waals surface area (Å²) >= 11 is 0. The Balaban J connectivity index is 1.82. The van der Waals surface area contributed by atoms with Crippen molar-refractivity contribution in [3.63, 3.8) is 0 Å². The molecule has 0 aliphatic carbocycles. The van der Waals surface area contributed by atoms with E-state index >= 15 is 0 Å². The van der Waals surface area contributed by atoms with Crippen molar-refractivity contribution in [3.8, 4) is 17.5 Å². The molecule has 0 atom stereocenters. The number of aromatic nitrogens is 4. The van der Waals surface area contributed by atoms with Gasteiger partial charge in [0.05, 0.1) is 24.5 Å². The van der Waals surface area contributed by atoms with E-state index in [0.717, 1.165) is 5.56 Å². The first-order valence-corrected chi connectivity index (χ1v) is 5.64. The molecule has 2 aromatic heterocycles. The lowest BCUT2D eigenvalue weighted by molar-refractivity contribution is 0.420. The van der Waals surface area contributed by atoms with E-state index in [1.54, 1.807) is 36.8 Å². The second kappa shape index (κ2) is 4.74. The minimum absolute atomic E-state index is 0.444. The molecular weight excluding hydrogens is 242 g/mol. The highest BCUT2D eigenvalue weighted by Crippen LogP contribution is 2.17. The van der Waals surface area contributed by atoms with Gasteiger partial charge in [0.1, 0.15) is 0 Å². The van der Waals surface area contributed by atoms with Crippen LogP contribution in [0, 0.1) is 11.3 Å². The molecule has 19 heavy (non-hydrogen) atoms. The predicted molar refractivity (Wildman–Crippen MR) is 65.8 cm³/mol. The Morgan fingerprint density at radius 2 is 2.11 bits per heavy atom. The third kappa shape index (κ3) is 2.35. The quantitative estimate of drug-likeness (QED) is 0.709. The van der Waals surface area contributed by atoms with E-state index in [0.29, 0.717) is 23.8 Å². The second-order valence-corrected chi connectivity index (χ2v) is 3.94. The van der Waals surface area contributed by atoms with E-state index in [4.69, 9.17) is 9.78 Å². The van der Waals surface area contributed by atoms with Gasteiger partial charge >= 0.3 is 0 Å². The van der Waals surface area contributed by atoms with Crippen molar-refractivity contribution < 1.29 is 4.52 Å². The van der Waals surface area contributed by atoms with Crippen LogP contribution in [0.4, 0.5) is 0 Å². The number of benzene rings is 1. The van der Waals surface area contributed by atoms with Gasteiger partial charge in [-0.25, -0.2) is 4.98 Å². The van der Waals surface area contributed by atoms with E-state index in [1.165, 1.54) is 0 Å². The lowest BCUT2D eigenvalue weighted by Gasteiger charge is -1.94. The number of nitrogens with zero attached hydrogens (tertiary/aromatic N) is 5. The highest BCUT2D eigenvalue weighted by molar-refractivity contribution is 5.54. The maximum atomic E-state index is 8.74. The molecule has 0 radical (unpaired) electrons. The number of imidazole rings is 1. The summed E-state index contributed by atoms with van der Waals surface area (Å²) < 4.78 is 7.05. The van der Waals surface area contributed by atoms with E-state index in [-0.39, 0.29) is 0 Å².